The van der Waals surface area contributed by atoms with Crippen LogP contribution < -0.4 is 0 Å². The molecule has 0 spiro atoms. The number of hydrogen-bond donors (Lipinski definition) is 0. The monoisotopic (exact) mass is 266 g/mol. The van der Waals surface area contributed by atoms with E-state index in [4.69, 9.17) is 21.1 Å². The molecule has 0 aromatic carbocycles. The van der Waals surface area contributed by atoms with E-state index in [1.807, 2.05) is 6.07 Å². The van der Waals surface area contributed by atoms with Crippen LogP contribution >= 0.6 is 11.6 Å². The summed E-state index contributed by atoms with van der Waals surface area (Å²) in [5.41, 5.74) is 1.12. The molecule has 1 aromatic rings. The molecule has 0 saturated carbocycles. The highest BCUT2D eigenvalue weighted by Gasteiger charge is 2.37. The Morgan fingerprint density at radius 3 is 2.83 bits per heavy atom. The van der Waals surface area contributed by atoms with Gasteiger partial charge >= 0.3 is 0 Å². The molecule has 2 heterocycles. The molecule has 0 N–H and O–H groups in total. The maximum Gasteiger partial charge on any atom is 0.146 e. The molecule has 1 fully saturated rings. The van der Waals surface area contributed by atoms with Gasteiger partial charge in [-0.2, -0.15) is 5.26 Å². The van der Waals surface area contributed by atoms with Gasteiger partial charge in [0.15, 0.2) is 0 Å². The van der Waals surface area contributed by atoms with Crippen LogP contribution in [0.2, 0.25) is 5.15 Å². The summed E-state index contributed by atoms with van der Waals surface area (Å²) >= 11 is 5.84. The van der Waals surface area contributed by atoms with Crippen molar-refractivity contribution in [1.29, 1.82) is 5.26 Å². The molecule has 0 bridgehead atoms. The average Bonchev–Trinajstić information content (AvgIpc) is 2.39. The first-order valence-corrected chi connectivity index (χ1v) is 6.23. The normalized spacial score (nSPS) is 18.3. The smallest absolute Gasteiger partial charge is 0.146 e. The van der Waals surface area contributed by atoms with Crippen molar-refractivity contribution in [3.05, 3.63) is 28.5 Å². The average molecular weight is 267 g/mol. The fraction of sp³-hybridized carbons (Fsp3) is 0.538. The number of methoxy groups -OCH3 is 1. The molecule has 0 amide bonds. The van der Waals surface area contributed by atoms with Crippen LogP contribution in [0.3, 0.4) is 0 Å². The van der Waals surface area contributed by atoms with Crippen LogP contribution in [0, 0.1) is 11.3 Å². The van der Waals surface area contributed by atoms with Crippen molar-refractivity contribution in [3.63, 3.8) is 0 Å². The summed E-state index contributed by atoms with van der Waals surface area (Å²) in [6.07, 6.45) is 1.66. The van der Waals surface area contributed by atoms with Gasteiger partial charge in [0.1, 0.15) is 16.9 Å². The number of halogens is 1. The van der Waals surface area contributed by atoms with E-state index >= 15 is 0 Å². The largest absolute Gasteiger partial charge is 0.384 e. The topological polar surface area (TPSA) is 55.1 Å². The summed E-state index contributed by atoms with van der Waals surface area (Å²) in [5.74, 6) is 0. The van der Waals surface area contributed by atoms with Crippen molar-refractivity contribution in [2.45, 2.75) is 18.3 Å². The van der Waals surface area contributed by atoms with Gasteiger partial charge in [-0.3, -0.25) is 0 Å². The van der Waals surface area contributed by atoms with Gasteiger partial charge in [-0.05, 0) is 24.5 Å². The molecular weight excluding hydrogens is 252 g/mol. The Balaban J connectivity index is 2.45. The SMILES string of the molecule is COCC1(c2ccc(Cl)nc2C#N)CCOCC1. The van der Waals surface area contributed by atoms with Gasteiger partial charge in [0.2, 0.25) is 0 Å². The van der Waals surface area contributed by atoms with Crippen molar-refractivity contribution in [2.75, 3.05) is 26.9 Å². The van der Waals surface area contributed by atoms with E-state index < -0.39 is 0 Å². The highest BCUT2D eigenvalue weighted by atomic mass is 35.5. The van der Waals surface area contributed by atoms with Crippen LogP contribution in [-0.2, 0) is 14.9 Å². The molecule has 1 aliphatic rings. The van der Waals surface area contributed by atoms with Crippen molar-refractivity contribution < 1.29 is 9.47 Å². The Morgan fingerprint density at radius 2 is 2.22 bits per heavy atom. The first-order chi connectivity index (χ1) is 8.72. The molecule has 1 aromatic heterocycles. The van der Waals surface area contributed by atoms with E-state index in [-0.39, 0.29) is 5.41 Å². The van der Waals surface area contributed by atoms with Crippen molar-refractivity contribution in [3.8, 4) is 6.07 Å². The lowest BCUT2D eigenvalue weighted by Crippen LogP contribution is -2.38. The second-order valence-electron chi connectivity index (χ2n) is 4.47. The summed E-state index contributed by atoms with van der Waals surface area (Å²) in [5, 5.41) is 9.56. The molecule has 4 nitrogen and oxygen atoms in total. The third kappa shape index (κ3) is 2.49. The fourth-order valence-corrected chi connectivity index (χ4v) is 2.63. The van der Waals surface area contributed by atoms with E-state index in [0.29, 0.717) is 30.7 Å². The van der Waals surface area contributed by atoms with Crippen LogP contribution in [0.15, 0.2) is 12.1 Å². The number of aromatic nitrogens is 1. The summed E-state index contributed by atoms with van der Waals surface area (Å²) in [6, 6.07) is 5.74. The molecule has 1 saturated heterocycles. The predicted molar refractivity (Wildman–Crippen MR) is 67.6 cm³/mol. The van der Waals surface area contributed by atoms with Gasteiger partial charge in [0.25, 0.3) is 0 Å². The van der Waals surface area contributed by atoms with Crippen molar-refractivity contribution in [1.82, 2.24) is 4.98 Å². The lowest BCUT2D eigenvalue weighted by Gasteiger charge is -2.37. The van der Waals surface area contributed by atoms with E-state index in [0.717, 1.165) is 18.4 Å². The van der Waals surface area contributed by atoms with Crippen LogP contribution in [-0.4, -0.2) is 31.9 Å². The predicted octanol–water partition coefficient (Wildman–Crippen LogP) is 2.30. The Morgan fingerprint density at radius 1 is 1.50 bits per heavy atom. The van der Waals surface area contributed by atoms with Crippen LogP contribution in [0.25, 0.3) is 0 Å². The number of rotatable bonds is 3. The summed E-state index contributed by atoms with van der Waals surface area (Å²) < 4.78 is 10.7. The highest BCUT2D eigenvalue weighted by molar-refractivity contribution is 6.29. The summed E-state index contributed by atoms with van der Waals surface area (Å²) in [7, 11) is 1.67. The Kier molecular flexibility index (Phi) is 4.18. The fourth-order valence-electron chi connectivity index (χ4n) is 2.48. The number of nitriles is 1. The lowest BCUT2D eigenvalue weighted by molar-refractivity contribution is 0.0134. The summed E-state index contributed by atoms with van der Waals surface area (Å²) in [6.45, 7) is 1.92. The highest BCUT2D eigenvalue weighted by Crippen LogP contribution is 2.36. The third-order valence-corrected chi connectivity index (χ3v) is 3.62. The van der Waals surface area contributed by atoms with E-state index in [2.05, 4.69) is 11.1 Å². The van der Waals surface area contributed by atoms with Gasteiger partial charge in [-0.1, -0.05) is 17.7 Å². The molecule has 18 heavy (non-hydrogen) atoms. The zero-order valence-electron chi connectivity index (χ0n) is 10.3. The maximum atomic E-state index is 9.21. The first kappa shape index (κ1) is 13.3. The van der Waals surface area contributed by atoms with Gasteiger partial charge in [0.05, 0.1) is 6.61 Å². The zero-order valence-corrected chi connectivity index (χ0v) is 11.0. The lowest BCUT2D eigenvalue weighted by atomic mass is 9.74. The maximum absolute atomic E-state index is 9.21. The minimum Gasteiger partial charge on any atom is -0.384 e. The Labute approximate surface area is 111 Å². The molecule has 0 radical (unpaired) electrons. The summed E-state index contributed by atoms with van der Waals surface area (Å²) in [4.78, 5) is 4.10. The number of nitrogens with zero attached hydrogens (tertiary/aromatic N) is 2. The second kappa shape index (κ2) is 5.66. The standard InChI is InChI=1S/C13H15ClN2O2/c1-17-9-13(4-6-18-7-5-13)10-2-3-12(14)16-11(10)8-15/h2-3H,4-7,9H2,1H3. The van der Waals surface area contributed by atoms with Crippen LogP contribution in [0.5, 0.6) is 0 Å². The van der Waals surface area contributed by atoms with Gasteiger partial charge < -0.3 is 9.47 Å². The quantitative estimate of drug-likeness (QED) is 0.788. The molecule has 2 rings (SSSR count). The minimum absolute atomic E-state index is 0.185. The number of pyridine rings is 1. The number of ether oxygens (including phenoxy) is 2. The van der Waals surface area contributed by atoms with E-state index in [1.165, 1.54) is 0 Å². The van der Waals surface area contributed by atoms with Gasteiger partial charge in [-0.15, -0.1) is 0 Å². The van der Waals surface area contributed by atoms with Crippen LogP contribution in [0.4, 0.5) is 0 Å². The molecule has 0 aliphatic carbocycles. The van der Waals surface area contributed by atoms with Gasteiger partial charge in [-0.25, -0.2) is 4.98 Å². The second-order valence-corrected chi connectivity index (χ2v) is 4.85. The molecule has 1 aliphatic heterocycles. The van der Waals surface area contributed by atoms with E-state index in [1.54, 1.807) is 13.2 Å². The molecule has 96 valence electrons. The van der Waals surface area contributed by atoms with Gasteiger partial charge in [0, 0.05) is 25.7 Å². The minimum atomic E-state index is -0.185. The Hall–Kier alpha value is -1.15. The third-order valence-electron chi connectivity index (χ3n) is 3.41. The van der Waals surface area contributed by atoms with E-state index in [9.17, 15) is 5.26 Å². The molecule has 0 unspecified atom stereocenters. The van der Waals surface area contributed by atoms with Crippen LogP contribution in [0.1, 0.15) is 24.1 Å². The Bertz CT molecular complexity index is 459. The van der Waals surface area contributed by atoms with Crippen molar-refractivity contribution in [2.24, 2.45) is 0 Å². The molecule has 5 heteroatoms. The number of hydrogen-bond acceptors (Lipinski definition) is 4. The molecule has 0 atom stereocenters. The first-order valence-electron chi connectivity index (χ1n) is 5.86. The molecular formula is C13H15ClN2O2. The van der Waals surface area contributed by atoms with Crippen molar-refractivity contribution >= 4 is 11.6 Å². The zero-order chi connectivity index (χ0) is 13.0.